The summed E-state index contributed by atoms with van der Waals surface area (Å²) < 4.78 is 3.55. The second kappa shape index (κ2) is 9.30. The monoisotopic (exact) mass is 456 g/mol. The predicted molar refractivity (Wildman–Crippen MR) is 125 cm³/mol. The Balaban J connectivity index is 1.36. The van der Waals surface area contributed by atoms with Crippen LogP contribution in [0.25, 0.3) is 0 Å². The first-order valence-electron chi connectivity index (χ1n) is 9.18. The highest BCUT2D eigenvalue weighted by Gasteiger charge is 2.10. The molecular formula is C21H18Cl2N6S. The first kappa shape index (κ1) is 20.4. The van der Waals surface area contributed by atoms with Crippen LogP contribution in [0.3, 0.4) is 0 Å². The maximum Gasteiger partial charge on any atom is 0.177 e. The van der Waals surface area contributed by atoms with Gasteiger partial charge in [-0.3, -0.25) is 9.36 Å². The highest BCUT2D eigenvalue weighted by Crippen LogP contribution is 2.21. The van der Waals surface area contributed by atoms with E-state index >= 15 is 0 Å². The van der Waals surface area contributed by atoms with E-state index in [4.69, 9.17) is 35.4 Å². The smallest absolute Gasteiger partial charge is 0.177 e. The number of anilines is 2. The molecular weight excluding hydrogens is 439 g/mol. The topological polar surface area (TPSA) is 59.7 Å². The summed E-state index contributed by atoms with van der Waals surface area (Å²) in [6.45, 7) is 1.19. The SMILES string of the molecule is S=C(Nc1ccn(Cc2ccccc2Cl)n1)Nc1nn(Cc2ccccc2)cc1Cl. The molecule has 0 atom stereocenters. The van der Waals surface area contributed by atoms with Crippen molar-refractivity contribution in [2.24, 2.45) is 0 Å². The minimum atomic E-state index is 0.352. The number of aromatic nitrogens is 4. The lowest BCUT2D eigenvalue weighted by Crippen LogP contribution is -2.20. The molecule has 0 saturated heterocycles. The van der Waals surface area contributed by atoms with Crippen LogP contribution in [0.4, 0.5) is 11.6 Å². The van der Waals surface area contributed by atoms with E-state index in [0.717, 1.165) is 11.1 Å². The van der Waals surface area contributed by atoms with Gasteiger partial charge in [0.1, 0.15) is 5.02 Å². The number of halogens is 2. The lowest BCUT2D eigenvalue weighted by molar-refractivity contribution is 0.689. The van der Waals surface area contributed by atoms with E-state index in [2.05, 4.69) is 20.8 Å². The molecule has 0 fully saturated rings. The third-order valence-corrected chi connectivity index (χ3v) is 5.16. The molecule has 9 heteroatoms. The van der Waals surface area contributed by atoms with Crippen LogP contribution in [0.5, 0.6) is 0 Å². The van der Waals surface area contributed by atoms with E-state index in [9.17, 15) is 0 Å². The molecule has 4 rings (SSSR count). The van der Waals surface area contributed by atoms with E-state index in [1.165, 1.54) is 0 Å². The van der Waals surface area contributed by atoms with Crippen LogP contribution in [0.15, 0.2) is 73.1 Å². The van der Waals surface area contributed by atoms with Crippen molar-refractivity contribution < 1.29 is 0 Å². The zero-order chi connectivity index (χ0) is 20.9. The van der Waals surface area contributed by atoms with Crippen LogP contribution in [-0.2, 0) is 13.1 Å². The van der Waals surface area contributed by atoms with Gasteiger partial charge in [0.15, 0.2) is 16.7 Å². The highest BCUT2D eigenvalue weighted by atomic mass is 35.5. The number of rotatable bonds is 6. The van der Waals surface area contributed by atoms with E-state index < -0.39 is 0 Å². The largest absolute Gasteiger partial charge is 0.316 e. The maximum absolute atomic E-state index is 6.30. The van der Waals surface area contributed by atoms with Crippen molar-refractivity contribution in [3.05, 3.63) is 94.2 Å². The van der Waals surface area contributed by atoms with Crippen LogP contribution >= 0.6 is 35.4 Å². The molecule has 0 amide bonds. The first-order chi connectivity index (χ1) is 14.6. The summed E-state index contributed by atoms with van der Waals surface area (Å²) in [7, 11) is 0. The molecule has 2 N–H and O–H groups in total. The number of nitrogens with zero attached hydrogens (tertiary/aromatic N) is 4. The Bertz CT molecular complexity index is 1160. The summed E-state index contributed by atoms with van der Waals surface area (Å²) in [6, 6.07) is 19.5. The minimum absolute atomic E-state index is 0.352. The molecule has 0 aliphatic rings. The standard InChI is InChI=1S/C21H18Cl2N6S/c22-17-9-5-4-8-16(17)13-28-11-10-19(26-28)24-21(30)25-20-18(23)14-29(27-20)12-15-6-2-1-3-7-15/h1-11,14H,12-13H2,(H2,24,25,26,27,30). The summed E-state index contributed by atoms with van der Waals surface area (Å²) in [5.74, 6) is 1.10. The predicted octanol–water partition coefficient (Wildman–Crippen LogP) is 5.29. The number of hydrogen-bond acceptors (Lipinski definition) is 3. The van der Waals surface area contributed by atoms with Crippen molar-refractivity contribution in [1.29, 1.82) is 0 Å². The first-order valence-corrected chi connectivity index (χ1v) is 10.3. The zero-order valence-corrected chi connectivity index (χ0v) is 18.1. The molecule has 2 heterocycles. The Kier molecular flexibility index (Phi) is 6.32. The molecule has 30 heavy (non-hydrogen) atoms. The summed E-state index contributed by atoms with van der Waals surface area (Å²) in [6.07, 6.45) is 3.62. The molecule has 152 valence electrons. The van der Waals surface area contributed by atoms with Gasteiger partial charge in [0.2, 0.25) is 0 Å². The number of benzene rings is 2. The van der Waals surface area contributed by atoms with Crippen LogP contribution < -0.4 is 10.6 Å². The van der Waals surface area contributed by atoms with Gasteiger partial charge in [-0.05, 0) is 29.4 Å². The Morgan fingerprint density at radius 3 is 2.40 bits per heavy atom. The Labute approximate surface area is 189 Å². The quantitative estimate of drug-likeness (QED) is 0.385. The Morgan fingerprint density at radius 2 is 1.60 bits per heavy atom. The van der Waals surface area contributed by atoms with Gasteiger partial charge in [0, 0.05) is 23.5 Å². The molecule has 2 aromatic heterocycles. The molecule has 2 aromatic carbocycles. The number of hydrogen-bond donors (Lipinski definition) is 2. The van der Waals surface area contributed by atoms with Crippen molar-refractivity contribution >= 4 is 52.2 Å². The number of thiocarbonyl (C=S) groups is 1. The lowest BCUT2D eigenvalue weighted by Gasteiger charge is -2.07. The van der Waals surface area contributed by atoms with E-state index in [1.807, 2.05) is 66.9 Å². The summed E-state index contributed by atoms with van der Waals surface area (Å²) >= 11 is 17.9. The molecule has 0 aliphatic carbocycles. The van der Waals surface area contributed by atoms with Gasteiger partial charge in [-0.25, -0.2) is 0 Å². The summed E-state index contributed by atoms with van der Waals surface area (Å²) in [5.41, 5.74) is 2.12. The fourth-order valence-corrected chi connectivity index (χ4v) is 3.50. The van der Waals surface area contributed by atoms with Gasteiger partial charge in [-0.15, -0.1) is 0 Å². The highest BCUT2D eigenvalue weighted by molar-refractivity contribution is 7.80. The average Bonchev–Trinajstić information content (AvgIpc) is 3.30. The van der Waals surface area contributed by atoms with Crippen LogP contribution in [0.1, 0.15) is 11.1 Å². The van der Waals surface area contributed by atoms with Gasteiger partial charge >= 0.3 is 0 Å². The third-order valence-electron chi connectivity index (χ3n) is 4.31. The van der Waals surface area contributed by atoms with E-state index in [0.29, 0.717) is 39.9 Å². The Morgan fingerprint density at radius 1 is 0.833 bits per heavy atom. The van der Waals surface area contributed by atoms with Gasteiger partial charge in [-0.1, -0.05) is 71.7 Å². The van der Waals surface area contributed by atoms with Crippen LogP contribution in [0.2, 0.25) is 10.0 Å². The minimum Gasteiger partial charge on any atom is -0.316 e. The number of nitrogens with one attached hydrogen (secondary N) is 2. The van der Waals surface area contributed by atoms with E-state index in [1.54, 1.807) is 15.6 Å². The second-order valence-electron chi connectivity index (χ2n) is 6.58. The van der Waals surface area contributed by atoms with Crippen LogP contribution in [-0.4, -0.2) is 24.7 Å². The normalized spacial score (nSPS) is 10.7. The van der Waals surface area contributed by atoms with Crippen LogP contribution in [0, 0.1) is 0 Å². The fourth-order valence-electron chi connectivity index (χ4n) is 2.91. The molecule has 0 spiro atoms. The average molecular weight is 457 g/mol. The molecule has 6 nitrogen and oxygen atoms in total. The molecule has 0 unspecified atom stereocenters. The third kappa shape index (κ3) is 5.18. The molecule has 0 aliphatic heterocycles. The maximum atomic E-state index is 6.30. The Hall–Kier alpha value is -2.87. The van der Waals surface area contributed by atoms with Crippen molar-refractivity contribution in [3.8, 4) is 0 Å². The van der Waals surface area contributed by atoms with Gasteiger partial charge in [0.05, 0.1) is 13.1 Å². The van der Waals surface area contributed by atoms with Gasteiger partial charge in [0.25, 0.3) is 0 Å². The summed E-state index contributed by atoms with van der Waals surface area (Å²) in [5, 5.41) is 16.5. The molecule has 0 saturated carbocycles. The van der Waals surface area contributed by atoms with Gasteiger partial charge in [-0.2, -0.15) is 10.2 Å². The molecule has 4 aromatic rings. The second-order valence-corrected chi connectivity index (χ2v) is 7.80. The van der Waals surface area contributed by atoms with Crippen molar-refractivity contribution in [2.45, 2.75) is 13.1 Å². The fraction of sp³-hybridized carbons (Fsp3) is 0.0952. The van der Waals surface area contributed by atoms with Crippen molar-refractivity contribution in [3.63, 3.8) is 0 Å². The van der Waals surface area contributed by atoms with E-state index in [-0.39, 0.29) is 0 Å². The van der Waals surface area contributed by atoms with Crippen molar-refractivity contribution in [2.75, 3.05) is 10.6 Å². The van der Waals surface area contributed by atoms with Crippen molar-refractivity contribution in [1.82, 2.24) is 19.6 Å². The molecule has 0 radical (unpaired) electrons. The lowest BCUT2D eigenvalue weighted by atomic mass is 10.2. The summed E-state index contributed by atoms with van der Waals surface area (Å²) in [4.78, 5) is 0. The molecule has 0 bridgehead atoms. The zero-order valence-electron chi connectivity index (χ0n) is 15.8. The van der Waals surface area contributed by atoms with Gasteiger partial charge < -0.3 is 10.6 Å².